The van der Waals surface area contributed by atoms with Crippen molar-refractivity contribution in [3.05, 3.63) is 34.1 Å². The Bertz CT molecular complexity index is 340. The first-order valence-electron chi connectivity index (χ1n) is 3.62. The molecular weight excluding hydrogens is 258 g/mol. The zero-order valence-electron chi connectivity index (χ0n) is 6.85. The maximum atomic E-state index is 13.0. The van der Waals surface area contributed by atoms with E-state index in [2.05, 4.69) is 15.9 Å². The number of carbonyl (C=O) groups excluding carboxylic acids is 1. The Hall–Kier alpha value is -0.410. The summed E-state index contributed by atoms with van der Waals surface area (Å²) in [5.41, 5.74) is 0.481. The molecular formula is C9H7BrClFO. The molecule has 1 aromatic rings. The molecule has 1 unspecified atom stereocenters. The van der Waals surface area contributed by atoms with Crippen LogP contribution in [0.2, 0.25) is 0 Å². The van der Waals surface area contributed by atoms with Crippen LogP contribution >= 0.6 is 27.5 Å². The van der Waals surface area contributed by atoms with Gasteiger partial charge in [-0.25, -0.2) is 4.39 Å². The number of benzene rings is 1. The van der Waals surface area contributed by atoms with Crippen LogP contribution in [0.25, 0.3) is 0 Å². The van der Waals surface area contributed by atoms with E-state index in [9.17, 15) is 9.18 Å². The Kier molecular flexibility index (Phi) is 3.45. The number of hydrogen-bond donors (Lipinski definition) is 0. The molecule has 1 aromatic carbocycles. The molecule has 70 valence electrons. The third-order valence-electron chi connectivity index (χ3n) is 1.59. The maximum Gasteiger partial charge on any atom is 0.152 e. The number of halogens is 3. The zero-order valence-corrected chi connectivity index (χ0v) is 9.19. The van der Waals surface area contributed by atoms with E-state index in [0.717, 1.165) is 0 Å². The largest absolute Gasteiger partial charge is 0.298 e. The minimum Gasteiger partial charge on any atom is -0.298 e. The number of hydrogen-bond acceptors (Lipinski definition) is 1. The van der Waals surface area contributed by atoms with Crippen LogP contribution in [-0.2, 0) is 4.79 Å². The summed E-state index contributed by atoms with van der Waals surface area (Å²) in [6, 6.07) is 4.40. The standard InChI is InChI=1S/C9H7BrClFO/c1-5(13)9(11)6-2-3-7(10)8(12)4-6/h2-4,9H,1H3. The lowest BCUT2D eigenvalue weighted by molar-refractivity contribution is -0.116. The van der Waals surface area contributed by atoms with Gasteiger partial charge >= 0.3 is 0 Å². The maximum absolute atomic E-state index is 13.0. The van der Waals surface area contributed by atoms with Crippen molar-refractivity contribution in [3.8, 4) is 0 Å². The van der Waals surface area contributed by atoms with Crippen molar-refractivity contribution in [1.82, 2.24) is 0 Å². The molecule has 0 aliphatic rings. The van der Waals surface area contributed by atoms with Gasteiger partial charge in [0.1, 0.15) is 11.2 Å². The Labute approximate surface area is 89.0 Å². The van der Waals surface area contributed by atoms with Crippen LogP contribution in [0, 0.1) is 5.82 Å². The molecule has 0 saturated carbocycles. The highest BCUT2D eigenvalue weighted by Gasteiger charge is 2.14. The number of ketones is 1. The van der Waals surface area contributed by atoms with Gasteiger partial charge in [0.05, 0.1) is 4.47 Å². The second kappa shape index (κ2) is 4.20. The van der Waals surface area contributed by atoms with Crippen molar-refractivity contribution < 1.29 is 9.18 Å². The van der Waals surface area contributed by atoms with Crippen molar-refractivity contribution >= 4 is 33.3 Å². The first-order chi connectivity index (χ1) is 6.02. The molecule has 1 rings (SSSR count). The fourth-order valence-electron chi connectivity index (χ4n) is 0.905. The Morgan fingerprint density at radius 2 is 2.23 bits per heavy atom. The molecule has 0 aliphatic heterocycles. The van der Waals surface area contributed by atoms with E-state index >= 15 is 0 Å². The lowest BCUT2D eigenvalue weighted by atomic mass is 10.1. The van der Waals surface area contributed by atoms with Gasteiger partial charge in [0, 0.05) is 0 Å². The van der Waals surface area contributed by atoms with Crippen molar-refractivity contribution in [2.75, 3.05) is 0 Å². The summed E-state index contributed by atoms with van der Waals surface area (Å²) in [6.45, 7) is 1.37. The zero-order chi connectivity index (χ0) is 10.0. The first kappa shape index (κ1) is 10.7. The minimum absolute atomic E-state index is 0.191. The van der Waals surface area contributed by atoms with E-state index < -0.39 is 11.2 Å². The van der Waals surface area contributed by atoms with E-state index in [1.54, 1.807) is 6.07 Å². The molecule has 0 aromatic heterocycles. The predicted octanol–water partition coefficient (Wildman–Crippen LogP) is 3.46. The van der Waals surface area contributed by atoms with E-state index in [0.29, 0.717) is 10.0 Å². The summed E-state index contributed by atoms with van der Waals surface area (Å²) < 4.78 is 13.4. The summed E-state index contributed by atoms with van der Waals surface area (Å²) in [6.07, 6.45) is 0. The summed E-state index contributed by atoms with van der Waals surface area (Å²) in [4.78, 5) is 10.9. The average molecular weight is 266 g/mol. The van der Waals surface area contributed by atoms with Gasteiger partial charge in [0.2, 0.25) is 0 Å². The second-order valence-electron chi connectivity index (χ2n) is 2.65. The molecule has 0 N–H and O–H groups in total. The Balaban J connectivity index is 3.03. The fourth-order valence-corrected chi connectivity index (χ4v) is 1.29. The fraction of sp³-hybridized carbons (Fsp3) is 0.222. The topological polar surface area (TPSA) is 17.1 Å². The number of Topliss-reactive ketones (excluding diaryl/α,β-unsaturated/α-hetero) is 1. The van der Waals surface area contributed by atoms with Gasteiger partial charge in [-0.3, -0.25) is 4.79 Å². The SMILES string of the molecule is CC(=O)C(Cl)c1ccc(Br)c(F)c1. The summed E-state index contributed by atoms with van der Waals surface area (Å²) >= 11 is 8.75. The summed E-state index contributed by atoms with van der Waals surface area (Å²) in [5, 5.41) is -0.761. The molecule has 0 spiro atoms. The van der Waals surface area contributed by atoms with E-state index in [4.69, 9.17) is 11.6 Å². The molecule has 13 heavy (non-hydrogen) atoms. The van der Waals surface area contributed by atoms with Crippen LogP contribution in [-0.4, -0.2) is 5.78 Å². The van der Waals surface area contributed by atoms with Gasteiger partial charge in [0.25, 0.3) is 0 Å². The molecule has 0 heterocycles. The molecule has 0 fully saturated rings. The molecule has 1 atom stereocenters. The van der Waals surface area contributed by atoms with Gasteiger partial charge in [-0.1, -0.05) is 6.07 Å². The Morgan fingerprint density at radius 1 is 1.62 bits per heavy atom. The second-order valence-corrected chi connectivity index (χ2v) is 3.94. The quantitative estimate of drug-likeness (QED) is 0.749. The average Bonchev–Trinajstić information content (AvgIpc) is 2.08. The lowest BCUT2D eigenvalue weighted by Crippen LogP contribution is -2.01. The van der Waals surface area contributed by atoms with Gasteiger partial charge in [-0.2, -0.15) is 0 Å². The van der Waals surface area contributed by atoms with Gasteiger partial charge < -0.3 is 0 Å². The van der Waals surface area contributed by atoms with Gasteiger partial charge in [-0.05, 0) is 40.5 Å². The highest BCUT2D eigenvalue weighted by atomic mass is 79.9. The van der Waals surface area contributed by atoms with E-state index in [1.807, 2.05) is 0 Å². The first-order valence-corrected chi connectivity index (χ1v) is 4.85. The van der Waals surface area contributed by atoms with E-state index in [1.165, 1.54) is 19.1 Å². The normalized spacial score (nSPS) is 12.6. The van der Waals surface area contributed by atoms with Gasteiger partial charge in [0.15, 0.2) is 5.78 Å². The summed E-state index contributed by atoms with van der Waals surface area (Å²) in [7, 11) is 0. The van der Waals surface area contributed by atoms with Crippen molar-refractivity contribution in [3.63, 3.8) is 0 Å². The summed E-state index contributed by atoms with van der Waals surface area (Å²) in [5.74, 6) is -0.604. The van der Waals surface area contributed by atoms with Gasteiger partial charge in [-0.15, -0.1) is 11.6 Å². The number of rotatable bonds is 2. The minimum atomic E-state index is -0.761. The number of alkyl halides is 1. The van der Waals surface area contributed by atoms with Crippen molar-refractivity contribution in [2.45, 2.75) is 12.3 Å². The van der Waals surface area contributed by atoms with Crippen LogP contribution < -0.4 is 0 Å². The molecule has 0 amide bonds. The smallest absolute Gasteiger partial charge is 0.152 e. The molecule has 0 aliphatic carbocycles. The molecule has 1 nitrogen and oxygen atoms in total. The molecule has 0 bridgehead atoms. The van der Waals surface area contributed by atoms with Crippen molar-refractivity contribution in [2.24, 2.45) is 0 Å². The molecule has 0 saturated heterocycles. The van der Waals surface area contributed by atoms with E-state index in [-0.39, 0.29) is 5.78 Å². The highest BCUT2D eigenvalue weighted by Crippen LogP contribution is 2.25. The lowest BCUT2D eigenvalue weighted by Gasteiger charge is -2.05. The van der Waals surface area contributed by atoms with Crippen LogP contribution in [0.15, 0.2) is 22.7 Å². The highest BCUT2D eigenvalue weighted by molar-refractivity contribution is 9.10. The van der Waals surface area contributed by atoms with Crippen LogP contribution in [0.4, 0.5) is 4.39 Å². The van der Waals surface area contributed by atoms with Crippen molar-refractivity contribution in [1.29, 1.82) is 0 Å². The molecule has 0 radical (unpaired) electrons. The monoisotopic (exact) mass is 264 g/mol. The Morgan fingerprint density at radius 3 is 2.69 bits per heavy atom. The van der Waals surface area contributed by atoms with Crippen LogP contribution in [0.1, 0.15) is 17.9 Å². The third kappa shape index (κ3) is 2.51. The van der Waals surface area contributed by atoms with Crippen LogP contribution in [0.3, 0.4) is 0 Å². The van der Waals surface area contributed by atoms with Crippen LogP contribution in [0.5, 0.6) is 0 Å². The molecule has 4 heteroatoms. The number of carbonyl (C=O) groups is 1. The third-order valence-corrected chi connectivity index (χ3v) is 2.80. The predicted molar refractivity (Wildman–Crippen MR) is 53.4 cm³/mol.